The zero-order valence-corrected chi connectivity index (χ0v) is 34.6. The summed E-state index contributed by atoms with van der Waals surface area (Å²) >= 11 is 0. The van der Waals surface area contributed by atoms with Gasteiger partial charge in [0, 0.05) is 0 Å². The van der Waals surface area contributed by atoms with Gasteiger partial charge >= 0.3 is 54.5 Å². The molecule has 0 aliphatic carbocycles. The molecule has 0 aliphatic heterocycles. The molecule has 0 atom stereocenters. The summed E-state index contributed by atoms with van der Waals surface area (Å²) < 4.78 is 202. The number of benzene rings is 2. The fourth-order valence-corrected chi connectivity index (χ4v) is 4.58. The van der Waals surface area contributed by atoms with Crippen LogP contribution in [-0.2, 0) is 41.3 Å². The molecule has 26 heteroatoms. The van der Waals surface area contributed by atoms with Crippen molar-refractivity contribution < 1.29 is 99.3 Å². The van der Waals surface area contributed by atoms with Crippen LogP contribution in [0, 0.1) is 0 Å². The molecule has 0 aromatic heterocycles. The summed E-state index contributed by atoms with van der Waals surface area (Å²) in [6, 6.07) is 13.6. The van der Waals surface area contributed by atoms with Crippen LogP contribution in [0.4, 0.5) is 75.0 Å². The van der Waals surface area contributed by atoms with Crippen LogP contribution < -0.4 is 5.32 Å². The topological polar surface area (TPSA) is 147 Å². The van der Waals surface area contributed by atoms with Crippen molar-refractivity contribution in [1.82, 2.24) is 5.32 Å². The number of hydrogen-bond acceptors (Lipinski definition) is 9. The molecule has 0 spiro atoms. The second kappa shape index (κ2) is 21.1. The van der Waals surface area contributed by atoms with Crippen LogP contribution >= 0.6 is 0 Å². The minimum atomic E-state index is -6.48. The molecule has 2 N–H and O–H groups in total. The van der Waals surface area contributed by atoms with E-state index in [1.54, 1.807) is 32.1 Å². The Hall–Kier alpha value is -5.31. The van der Waals surface area contributed by atoms with Gasteiger partial charge in [-0.25, -0.2) is 36.7 Å². The number of alkyl carbamates (subject to hydrolysis) is 1. The number of amides is 1. The third-order valence-electron chi connectivity index (χ3n) is 8.84. The maximum absolute atomic E-state index is 13.5. The lowest BCUT2D eigenvalue weighted by atomic mass is 9.88. The number of nitrogens with zero attached hydrogens (tertiary/aromatic N) is 3. The van der Waals surface area contributed by atoms with Crippen LogP contribution in [0.25, 0.3) is 0 Å². The standard InChI is InChI=1S/C19H20F8N2O3.C14H16N2O2.C5H4F8O/c1-15(2,28-10-30)11-6-5-7-12(8-11)16(3,4)29-14(31)32-9-17(22,23)19(26,27)18(24,25)13(20)21;1-13(2,15-9-17)11-6-5-7-12(8-11)14(3,4)16-10-18;6-2(7)4(10,11)5(12,13)3(8,9)1-14/h5-8,13H,9H2,1-4H3,(H,29,31);5-8H,1-4H3;2,14H,1H2. The zero-order chi connectivity index (χ0) is 50.8. The lowest BCUT2D eigenvalue weighted by molar-refractivity contribution is -0.343. The first kappa shape index (κ1) is 58.7. The van der Waals surface area contributed by atoms with E-state index in [1.807, 2.05) is 52.0 Å². The van der Waals surface area contributed by atoms with Crippen molar-refractivity contribution in [2.24, 2.45) is 15.0 Å². The van der Waals surface area contributed by atoms with E-state index in [0.717, 1.165) is 11.1 Å². The van der Waals surface area contributed by atoms with Crippen LogP contribution in [0.2, 0.25) is 0 Å². The number of carbonyl (C=O) groups excluding carboxylic acids is 4. The smallest absolute Gasteiger partial charge is 0.408 e. The first-order valence-electron chi connectivity index (χ1n) is 17.5. The van der Waals surface area contributed by atoms with Crippen molar-refractivity contribution in [2.75, 3.05) is 13.2 Å². The molecule has 0 heterocycles. The van der Waals surface area contributed by atoms with Crippen LogP contribution in [0.5, 0.6) is 0 Å². The average molecular weight is 953 g/mol. The average Bonchev–Trinajstić information content (AvgIpc) is 3.17. The van der Waals surface area contributed by atoms with Gasteiger partial charge in [0.05, 0.1) is 22.2 Å². The molecular weight excluding hydrogens is 912 g/mol. The van der Waals surface area contributed by atoms with E-state index in [0.29, 0.717) is 11.1 Å². The van der Waals surface area contributed by atoms with Crippen LogP contribution in [0.1, 0.15) is 77.6 Å². The maximum atomic E-state index is 13.5. The van der Waals surface area contributed by atoms with Gasteiger partial charge in [-0.15, -0.1) is 0 Å². The first-order chi connectivity index (χ1) is 28.7. The van der Waals surface area contributed by atoms with Gasteiger partial charge in [-0.3, -0.25) is 0 Å². The molecule has 2 rings (SSSR count). The van der Waals surface area contributed by atoms with Gasteiger partial charge in [-0.05, 0) is 77.6 Å². The Balaban J connectivity index is 0.00000104. The van der Waals surface area contributed by atoms with Crippen molar-refractivity contribution in [2.45, 2.75) is 126 Å². The van der Waals surface area contributed by atoms with E-state index in [1.165, 1.54) is 38.1 Å². The zero-order valence-electron chi connectivity index (χ0n) is 34.6. The van der Waals surface area contributed by atoms with Gasteiger partial charge in [0.15, 0.2) is 6.61 Å². The molecule has 0 unspecified atom stereocenters. The number of ether oxygens (including phenoxy) is 1. The molecule has 2 aromatic rings. The number of hydrogen-bond donors (Lipinski definition) is 2. The number of carbonyl (C=O) groups is 1. The van der Waals surface area contributed by atoms with E-state index in [-0.39, 0.29) is 0 Å². The second-order valence-corrected chi connectivity index (χ2v) is 15.3. The Kier molecular flexibility index (Phi) is 19.4. The molecule has 2 aromatic carbocycles. The van der Waals surface area contributed by atoms with Crippen molar-refractivity contribution in [3.63, 3.8) is 0 Å². The quantitative estimate of drug-likeness (QED) is 0.0917. The van der Waals surface area contributed by atoms with Gasteiger partial charge in [-0.1, -0.05) is 48.5 Å². The van der Waals surface area contributed by atoms with Gasteiger partial charge in [-0.2, -0.15) is 67.7 Å². The number of rotatable bonds is 17. The Morgan fingerprint density at radius 2 is 0.875 bits per heavy atom. The summed E-state index contributed by atoms with van der Waals surface area (Å²) in [7, 11) is 0. The van der Waals surface area contributed by atoms with Crippen LogP contribution in [0.15, 0.2) is 63.5 Å². The summed E-state index contributed by atoms with van der Waals surface area (Å²) in [5.74, 6) is -36.7. The summed E-state index contributed by atoms with van der Waals surface area (Å²) in [6.07, 6.45) is -7.15. The molecular formula is C38H40F16N4O6. The van der Waals surface area contributed by atoms with E-state index < -0.39 is 89.8 Å². The third kappa shape index (κ3) is 13.8. The lowest BCUT2D eigenvalue weighted by Crippen LogP contribution is -2.59. The largest absolute Gasteiger partial charge is 0.443 e. The summed E-state index contributed by atoms with van der Waals surface area (Å²) in [6.45, 7) is 8.00. The summed E-state index contributed by atoms with van der Waals surface area (Å²) in [5.41, 5.74) is -1.05. The minimum Gasteiger partial charge on any atom is -0.443 e. The second-order valence-electron chi connectivity index (χ2n) is 15.3. The Morgan fingerprint density at radius 3 is 1.17 bits per heavy atom. The molecule has 1 amide bonds. The van der Waals surface area contributed by atoms with Gasteiger partial charge in [0.1, 0.15) is 6.61 Å². The van der Waals surface area contributed by atoms with Gasteiger partial charge < -0.3 is 15.2 Å². The number of isocyanates is 3. The number of aliphatic hydroxyl groups excluding tert-OH is 1. The predicted octanol–water partition coefficient (Wildman–Crippen LogP) is 10.4. The van der Waals surface area contributed by atoms with Crippen molar-refractivity contribution in [1.29, 1.82) is 0 Å². The van der Waals surface area contributed by atoms with Gasteiger partial charge in [0.2, 0.25) is 18.2 Å². The van der Waals surface area contributed by atoms with E-state index in [9.17, 15) is 89.4 Å². The van der Waals surface area contributed by atoms with Crippen molar-refractivity contribution >= 4 is 24.3 Å². The molecule has 0 aliphatic rings. The Morgan fingerprint density at radius 1 is 0.578 bits per heavy atom. The summed E-state index contributed by atoms with van der Waals surface area (Å²) in [4.78, 5) is 54.5. The number of aliphatic imine (C=N–C) groups is 3. The Bertz CT molecular complexity index is 2000. The highest BCUT2D eigenvalue weighted by Crippen LogP contribution is 2.49. The number of aliphatic hydroxyl groups is 1. The lowest BCUT2D eigenvalue weighted by Gasteiger charge is -2.32. The summed E-state index contributed by atoms with van der Waals surface area (Å²) in [5, 5.41) is 9.75. The number of halogens is 16. The predicted molar refractivity (Wildman–Crippen MR) is 193 cm³/mol. The normalized spacial score (nSPS) is 13.2. The number of alkyl halides is 16. The fraction of sp³-hybridized carbons (Fsp3) is 0.579. The van der Waals surface area contributed by atoms with Crippen molar-refractivity contribution in [3.05, 3.63) is 70.8 Å². The Labute approximate surface area is 353 Å². The molecule has 64 heavy (non-hydrogen) atoms. The molecule has 0 fully saturated rings. The van der Waals surface area contributed by atoms with Crippen LogP contribution in [-0.4, -0.2) is 91.0 Å². The van der Waals surface area contributed by atoms with E-state index in [4.69, 9.17) is 5.11 Å². The third-order valence-corrected chi connectivity index (χ3v) is 8.84. The minimum absolute atomic E-state index is 0.349. The first-order valence-corrected chi connectivity index (χ1v) is 17.5. The maximum Gasteiger partial charge on any atom is 0.408 e. The van der Waals surface area contributed by atoms with Gasteiger partial charge in [0.25, 0.3) is 0 Å². The molecule has 360 valence electrons. The highest BCUT2D eigenvalue weighted by molar-refractivity contribution is 5.68. The fourth-order valence-electron chi connectivity index (χ4n) is 4.58. The molecule has 0 bridgehead atoms. The van der Waals surface area contributed by atoms with E-state index in [2.05, 4.69) is 25.0 Å². The molecule has 0 saturated carbocycles. The SMILES string of the molecule is CC(C)(N=C=O)c1cccc(C(C)(C)N=C=O)c1.CC(C)(N=C=O)c1cccc(C(C)(C)NC(=O)OCC(F)(F)C(F)(F)C(F)(F)C(F)F)c1.OCC(F)(F)C(F)(F)C(F)(F)C(F)F. The molecule has 10 nitrogen and oxygen atoms in total. The monoisotopic (exact) mass is 952 g/mol. The van der Waals surface area contributed by atoms with Crippen molar-refractivity contribution in [3.8, 4) is 0 Å². The molecule has 0 radical (unpaired) electrons. The van der Waals surface area contributed by atoms with E-state index >= 15 is 0 Å². The highest BCUT2D eigenvalue weighted by Gasteiger charge is 2.76. The highest BCUT2D eigenvalue weighted by atomic mass is 19.4. The molecule has 0 saturated heterocycles. The van der Waals surface area contributed by atoms with Crippen LogP contribution in [0.3, 0.4) is 0 Å². The number of nitrogens with one attached hydrogen (secondary N) is 1.